The molecule has 0 bridgehead atoms. The molecule has 156 valence electrons. The first-order chi connectivity index (χ1) is 14.9. The average Bonchev–Trinajstić information content (AvgIpc) is 2.73. The summed E-state index contributed by atoms with van der Waals surface area (Å²) in [6.07, 6.45) is 1.39. The monoisotopic (exact) mass is 455 g/mol. The molecule has 2 N–H and O–H groups in total. The van der Waals surface area contributed by atoms with Crippen molar-refractivity contribution in [2.75, 3.05) is 9.62 Å². The number of pyridine rings is 1. The van der Waals surface area contributed by atoms with Gasteiger partial charge in [0.1, 0.15) is 5.82 Å². The number of rotatable bonds is 5. The summed E-state index contributed by atoms with van der Waals surface area (Å²) in [5.74, 6) is -0.401. The number of nitrogens with zero attached hydrogens (tertiary/aromatic N) is 2. The fourth-order valence-corrected chi connectivity index (χ4v) is 3.72. The van der Waals surface area contributed by atoms with Gasteiger partial charge in [0, 0.05) is 34.4 Å². The Morgan fingerprint density at radius 2 is 1.90 bits per heavy atom. The SMILES string of the molecule is O=C(Nc1ccnc(N(c2cccc(Cl)c2)S(=O)O)c1)c1cccc2ccc(=O)oc12. The van der Waals surface area contributed by atoms with Crippen molar-refractivity contribution in [3.63, 3.8) is 0 Å². The van der Waals surface area contributed by atoms with Gasteiger partial charge in [0.05, 0.1) is 11.3 Å². The van der Waals surface area contributed by atoms with E-state index in [2.05, 4.69) is 10.3 Å². The van der Waals surface area contributed by atoms with E-state index >= 15 is 0 Å². The number of hydrogen-bond acceptors (Lipinski definition) is 5. The molecule has 0 fully saturated rings. The molecule has 2 heterocycles. The number of benzene rings is 2. The van der Waals surface area contributed by atoms with E-state index in [0.29, 0.717) is 21.8 Å². The summed E-state index contributed by atoms with van der Waals surface area (Å²) in [5, 5.41) is 3.68. The van der Waals surface area contributed by atoms with Gasteiger partial charge in [-0.1, -0.05) is 29.8 Å². The predicted molar refractivity (Wildman–Crippen MR) is 119 cm³/mol. The van der Waals surface area contributed by atoms with Crippen LogP contribution in [0.3, 0.4) is 0 Å². The summed E-state index contributed by atoms with van der Waals surface area (Å²) in [6, 6.07) is 17.1. The Balaban J connectivity index is 1.67. The quantitative estimate of drug-likeness (QED) is 0.341. The van der Waals surface area contributed by atoms with Crippen molar-refractivity contribution in [2.45, 2.75) is 0 Å². The van der Waals surface area contributed by atoms with E-state index in [-0.39, 0.29) is 17.0 Å². The molecule has 31 heavy (non-hydrogen) atoms. The Morgan fingerprint density at radius 1 is 1.10 bits per heavy atom. The zero-order valence-electron chi connectivity index (χ0n) is 15.7. The normalized spacial score (nSPS) is 11.8. The van der Waals surface area contributed by atoms with Gasteiger partial charge in [-0.2, -0.15) is 0 Å². The molecule has 2 aromatic carbocycles. The molecule has 10 heteroatoms. The van der Waals surface area contributed by atoms with Crippen molar-refractivity contribution in [3.05, 3.63) is 93.9 Å². The van der Waals surface area contributed by atoms with E-state index in [1.165, 1.54) is 36.5 Å². The highest BCUT2D eigenvalue weighted by Gasteiger charge is 2.18. The lowest BCUT2D eigenvalue weighted by Gasteiger charge is -2.19. The van der Waals surface area contributed by atoms with Gasteiger partial charge in [0.15, 0.2) is 5.58 Å². The summed E-state index contributed by atoms with van der Waals surface area (Å²) in [5.41, 5.74) is 0.439. The lowest BCUT2D eigenvalue weighted by Crippen LogP contribution is -2.21. The van der Waals surface area contributed by atoms with E-state index in [9.17, 15) is 18.4 Å². The Hall–Kier alpha value is -3.53. The number of fused-ring (bicyclic) bond motifs is 1. The number of hydrogen-bond donors (Lipinski definition) is 2. The highest BCUT2D eigenvalue weighted by Crippen LogP contribution is 2.29. The number of carbonyl (C=O) groups is 1. The Bertz CT molecular complexity index is 1370. The van der Waals surface area contributed by atoms with Crippen LogP contribution in [0.1, 0.15) is 10.4 Å². The zero-order chi connectivity index (χ0) is 22.0. The molecule has 4 aromatic rings. The molecule has 2 aromatic heterocycles. The van der Waals surface area contributed by atoms with Crippen LogP contribution in [0.4, 0.5) is 17.2 Å². The minimum atomic E-state index is -2.44. The summed E-state index contributed by atoms with van der Waals surface area (Å²) >= 11 is 3.55. The molecule has 0 spiro atoms. The predicted octanol–water partition coefficient (Wildman–Crippen LogP) is 4.37. The number of halogens is 1. The molecule has 0 aliphatic rings. The van der Waals surface area contributed by atoms with Crippen LogP contribution in [0.5, 0.6) is 0 Å². The van der Waals surface area contributed by atoms with Crippen LogP contribution in [0.15, 0.2) is 82.1 Å². The highest BCUT2D eigenvalue weighted by atomic mass is 35.5. The van der Waals surface area contributed by atoms with Crippen molar-refractivity contribution in [2.24, 2.45) is 0 Å². The highest BCUT2D eigenvalue weighted by molar-refractivity contribution is 7.81. The minimum absolute atomic E-state index is 0.116. The van der Waals surface area contributed by atoms with Crippen LogP contribution in [0.2, 0.25) is 5.02 Å². The van der Waals surface area contributed by atoms with E-state index in [1.807, 2.05) is 0 Å². The summed E-state index contributed by atoms with van der Waals surface area (Å²) in [6.45, 7) is 0. The fraction of sp³-hybridized carbons (Fsp3) is 0. The second-order valence-electron chi connectivity index (χ2n) is 6.34. The smallest absolute Gasteiger partial charge is 0.336 e. The molecular weight excluding hydrogens is 442 g/mol. The first-order valence-electron chi connectivity index (χ1n) is 8.89. The average molecular weight is 456 g/mol. The Morgan fingerprint density at radius 3 is 2.68 bits per heavy atom. The Kier molecular flexibility index (Phi) is 5.81. The van der Waals surface area contributed by atoms with E-state index in [0.717, 1.165) is 4.31 Å². The van der Waals surface area contributed by atoms with Gasteiger partial charge in [-0.3, -0.25) is 9.35 Å². The van der Waals surface area contributed by atoms with Gasteiger partial charge in [-0.05, 0) is 36.4 Å². The number of para-hydroxylation sites is 1. The minimum Gasteiger partial charge on any atom is -0.422 e. The van der Waals surface area contributed by atoms with Gasteiger partial charge in [0.25, 0.3) is 17.2 Å². The maximum Gasteiger partial charge on any atom is 0.336 e. The molecule has 8 nitrogen and oxygen atoms in total. The molecule has 0 saturated heterocycles. The van der Waals surface area contributed by atoms with E-state index in [1.54, 1.807) is 36.4 Å². The number of aromatic nitrogens is 1. The van der Waals surface area contributed by atoms with Gasteiger partial charge in [0.2, 0.25) is 0 Å². The lowest BCUT2D eigenvalue weighted by molar-refractivity contribution is 0.102. The second-order valence-corrected chi connectivity index (χ2v) is 7.60. The molecule has 0 aliphatic carbocycles. The number of anilines is 3. The van der Waals surface area contributed by atoms with Crippen molar-refractivity contribution < 1.29 is 18.0 Å². The van der Waals surface area contributed by atoms with E-state index < -0.39 is 22.8 Å². The number of amides is 1. The maximum absolute atomic E-state index is 12.8. The van der Waals surface area contributed by atoms with Gasteiger partial charge in [-0.25, -0.2) is 18.3 Å². The van der Waals surface area contributed by atoms with Crippen molar-refractivity contribution >= 4 is 56.9 Å². The third kappa shape index (κ3) is 4.48. The summed E-state index contributed by atoms with van der Waals surface area (Å²) in [7, 11) is 0. The lowest BCUT2D eigenvalue weighted by atomic mass is 10.1. The molecule has 1 amide bonds. The molecular formula is C21H14ClN3O5S. The third-order valence-electron chi connectivity index (χ3n) is 4.30. The van der Waals surface area contributed by atoms with Crippen LogP contribution in [0, 0.1) is 0 Å². The second kappa shape index (κ2) is 8.68. The molecule has 0 aliphatic heterocycles. The molecule has 0 saturated carbocycles. The third-order valence-corrected chi connectivity index (χ3v) is 5.25. The largest absolute Gasteiger partial charge is 0.422 e. The maximum atomic E-state index is 12.8. The summed E-state index contributed by atoms with van der Waals surface area (Å²) in [4.78, 5) is 28.5. The standard InChI is InChI=1S/C21H14ClN3O5S/c22-14-4-2-5-16(11-14)25(31(28)29)18-12-15(9-10-23-18)24-21(27)17-6-1-3-13-7-8-19(26)30-20(13)17/h1-12H,(H,28,29)(H,23,24,27). The van der Waals surface area contributed by atoms with Crippen molar-refractivity contribution in [1.82, 2.24) is 4.98 Å². The number of carbonyl (C=O) groups excluding carboxylic acids is 1. The van der Waals surface area contributed by atoms with Crippen molar-refractivity contribution in [3.8, 4) is 0 Å². The van der Waals surface area contributed by atoms with Gasteiger partial charge in [-0.15, -0.1) is 0 Å². The van der Waals surface area contributed by atoms with E-state index in [4.69, 9.17) is 16.0 Å². The first kappa shape index (κ1) is 20.7. The molecule has 0 radical (unpaired) electrons. The van der Waals surface area contributed by atoms with Gasteiger partial charge < -0.3 is 9.73 Å². The Labute approximate surface area is 183 Å². The van der Waals surface area contributed by atoms with Gasteiger partial charge >= 0.3 is 5.63 Å². The molecule has 4 rings (SSSR count). The van der Waals surface area contributed by atoms with Crippen LogP contribution in [-0.4, -0.2) is 19.7 Å². The van der Waals surface area contributed by atoms with Crippen LogP contribution in [-0.2, 0) is 11.3 Å². The van der Waals surface area contributed by atoms with Crippen molar-refractivity contribution in [1.29, 1.82) is 0 Å². The molecule has 1 atom stereocenters. The zero-order valence-corrected chi connectivity index (χ0v) is 17.3. The van der Waals surface area contributed by atoms with Crippen LogP contribution >= 0.6 is 11.6 Å². The van der Waals surface area contributed by atoms with Crippen LogP contribution < -0.4 is 15.2 Å². The summed E-state index contributed by atoms with van der Waals surface area (Å²) < 4.78 is 28.0. The topological polar surface area (TPSA) is 113 Å². The number of nitrogens with one attached hydrogen (secondary N) is 1. The first-order valence-corrected chi connectivity index (χ1v) is 10.3. The van der Waals surface area contributed by atoms with Crippen LogP contribution in [0.25, 0.3) is 11.0 Å². The molecule has 1 unspecified atom stereocenters. The fourth-order valence-electron chi connectivity index (χ4n) is 2.98.